The van der Waals surface area contributed by atoms with Crippen molar-refractivity contribution in [2.24, 2.45) is 5.92 Å². The van der Waals surface area contributed by atoms with Crippen LogP contribution < -0.4 is 10.2 Å². The van der Waals surface area contributed by atoms with Crippen LogP contribution in [-0.2, 0) is 0 Å². The van der Waals surface area contributed by atoms with Gasteiger partial charge < -0.3 is 15.1 Å². The Balaban J connectivity index is 1.76. The van der Waals surface area contributed by atoms with E-state index in [-0.39, 0.29) is 23.3 Å². The Morgan fingerprint density at radius 3 is 2.81 bits per heavy atom. The first kappa shape index (κ1) is 18.9. The highest BCUT2D eigenvalue weighted by atomic mass is 35.5. The fourth-order valence-electron chi connectivity index (χ4n) is 3.22. The zero-order valence-corrected chi connectivity index (χ0v) is 16.0. The number of aromatic nitrogens is 2. The second-order valence-electron chi connectivity index (χ2n) is 6.72. The number of amides is 2. The third-order valence-electron chi connectivity index (χ3n) is 4.67. The predicted octanol–water partition coefficient (Wildman–Crippen LogP) is 3.38. The Bertz CT molecular complexity index is 865. The Morgan fingerprint density at radius 1 is 1.33 bits per heavy atom. The Labute approximate surface area is 163 Å². The molecule has 0 spiro atoms. The minimum Gasteiger partial charge on any atom is -0.353 e. The Hall–Kier alpha value is -2.85. The number of rotatable bonds is 3. The molecule has 0 radical (unpaired) electrons. The molecule has 1 aromatic carbocycles. The van der Waals surface area contributed by atoms with Gasteiger partial charge in [0.2, 0.25) is 5.28 Å². The van der Waals surface area contributed by atoms with E-state index in [1.54, 1.807) is 30.5 Å². The molecular weight excluding hydrogens is 364 g/mol. The van der Waals surface area contributed by atoms with E-state index in [9.17, 15) is 10.1 Å². The zero-order chi connectivity index (χ0) is 19.4. The summed E-state index contributed by atoms with van der Waals surface area (Å²) in [6, 6.07) is 10.7. The summed E-state index contributed by atoms with van der Waals surface area (Å²) in [5.74, 6) is 1.01. The third kappa shape index (κ3) is 4.29. The lowest BCUT2D eigenvalue weighted by Crippen LogP contribution is -2.58. The average molecular weight is 385 g/mol. The molecule has 1 saturated heterocycles. The molecule has 8 heteroatoms. The molecule has 1 N–H and O–H groups in total. The lowest BCUT2D eigenvalue weighted by molar-refractivity contribution is 0.156. The summed E-state index contributed by atoms with van der Waals surface area (Å²) in [7, 11) is 0. The molecule has 3 rings (SSSR count). The van der Waals surface area contributed by atoms with Crippen LogP contribution in [-0.4, -0.2) is 46.6 Å². The number of hydrogen-bond acceptors (Lipinski definition) is 5. The Morgan fingerprint density at radius 2 is 2.11 bits per heavy atom. The SMILES string of the molecule is CC(C)C1CN(c2ccnc(Cl)n2)CCN1C(=O)Nc1ccccc1C#N. The number of halogens is 1. The largest absolute Gasteiger partial charge is 0.353 e. The normalized spacial score (nSPS) is 16.9. The standard InChI is InChI=1S/C19H21ClN6O/c1-13(2)16-12-25(17-7-8-22-18(20)24-17)9-10-26(16)19(27)23-15-6-4-3-5-14(15)11-21/h3-8,13,16H,9-10,12H2,1-2H3,(H,23,27). The molecule has 0 saturated carbocycles. The number of para-hydroxylation sites is 1. The molecule has 0 bridgehead atoms. The number of urea groups is 1. The van der Waals surface area contributed by atoms with Crippen molar-refractivity contribution in [1.29, 1.82) is 5.26 Å². The summed E-state index contributed by atoms with van der Waals surface area (Å²) in [6.07, 6.45) is 1.63. The number of nitriles is 1. The molecule has 140 valence electrons. The van der Waals surface area contributed by atoms with Gasteiger partial charge in [-0.15, -0.1) is 0 Å². The van der Waals surface area contributed by atoms with Crippen LogP contribution in [0.15, 0.2) is 36.5 Å². The van der Waals surface area contributed by atoms with Gasteiger partial charge in [-0.1, -0.05) is 26.0 Å². The van der Waals surface area contributed by atoms with E-state index in [4.69, 9.17) is 11.6 Å². The molecular formula is C19H21ClN6O. The number of carbonyl (C=O) groups is 1. The van der Waals surface area contributed by atoms with Gasteiger partial charge in [0.1, 0.15) is 11.9 Å². The van der Waals surface area contributed by atoms with Crippen LogP contribution in [0.25, 0.3) is 0 Å². The quantitative estimate of drug-likeness (QED) is 0.820. The summed E-state index contributed by atoms with van der Waals surface area (Å²) in [5.41, 5.74) is 0.971. The van der Waals surface area contributed by atoms with E-state index in [0.717, 1.165) is 5.82 Å². The van der Waals surface area contributed by atoms with Gasteiger partial charge >= 0.3 is 6.03 Å². The topological polar surface area (TPSA) is 85.2 Å². The molecule has 1 aliphatic heterocycles. The first-order chi connectivity index (χ1) is 13.0. The van der Waals surface area contributed by atoms with Gasteiger partial charge in [-0.05, 0) is 35.7 Å². The summed E-state index contributed by atoms with van der Waals surface area (Å²) < 4.78 is 0. The van der Waals surface area contributed by atoms with Crippen LogP contribution in [0, 0.1) is 17.2 Å². The summed E-state index contributed by atoms with van der Waals surface area (Å²) in [4.78, 5) is 25.0. The Kier molecular flexibility index (Phi) is 5.77. The minimum absolute atomic E-state index is 0.00161. The van der Waals surface area contributed by atoms with Gasteiger partial charge in [0.05, 0.1) is 17.3 Å². The van der Waals surface area contributed by atoms with Gasteiger partial charge in [0.15, 0.2) is 0 Å². The van der Waals surface area contributed by atoms with E-state index in [0.29, 0.717) is 30.9 Å². The number of carbonyl (C=O) groups excluding carboxylic acids is 1. The van der Waals surface area contributed by atoms with Crippen LogP contribution in [0.2, 0.25) is 5.28 Å². The molecule has 0 aliphatic carbocycles. The van der Waals surface area contributed by atoms with E-state index >= 15 is 0 Å². The van der Waals surface area contributed by atoms with Crippen LogP contribution in [0.3, 0.4) is 0 Å². The highest BCUT2D eigenvalue weighted by Gasteiger charge is 2.33. The average Bonchev–Trinajstić information content (AvgIpc) is 2.67. The van der Waals surface area contributed by atoms with Gasteiger partial charge in [0.25, 0.3) is 0 Å². The van der Waals surface area contributed by atoms with Crippen LogP contribution in [0.4, 0.5) is 16.3 Å². The molecule has 1 fully saturated rings. The fourth-order valence-corrected chi connectivity index (χ4v) is 3.36. The highest BCUT2D eigenvalue weighted by Crippen LogP contribution is 2.23. The molecule has 2 heterocycles. The van der Waals surface area contributed by atoms with Crippen molar-refractivity contribution in [2.75, 3.05) is 29.9 Å². The van der Waals surface area contributed by atoms with Crippen molar-refractivity contribution in [1.82, 2.24) is 14.9 Å². The fraction of sp³-hybridized carbons (Fsp3) is 0.368. The van der Waals surface area contributed by atoms with Crippen molar-refractivity contribution in [3.8, 4) is 6.07 Å². The van der Waals surface area contributed by atoms with Crippen molar-refractivity contribution < 1.29 is 4.79 Å². The van der Waals surface area contributed by atoms with Crippen molar-refractivity contribution >= 4 is 29.1 Å². The molecule has 27 heavy (non-hydrogen) atoms. The molecule has 1 unspecified atom stereocenters. The monoisotopic (exact) mass is 384 g/mol. The summed E-state index contributed by atoms with van der Waals surface area (Å²) >= 11 is 5.91. The van der Waals surface area contributed by atoms with E-state index < -0.39 is 0 Å². The predicted molar refractivity (Wildman–Crippen MR) is 105 cm³/mol. The first-order valence-electron chi connectivity index (χ1n) is 8.80. The highest BCUT2D eigenvalue weighted by molar-refractivity contribution is 6.28. The van der Waals surface area contributed by atoms with Crippen LogP contribution in [0.1, 0.15) is 19.4 Å². The third-order valence-corrected chi connectivity index (χ3v) is 4.86. The number of nitrogens with one attached hydrogen (secondary N) is 1. The molecule has 1 aliphatic rings. The van der Waals surface area contributed by atoms with E-state index in [2.05, 4.69) is 40.1 Å². The van der Waals surface area contributed by atoms with Crippen LogP contribution >= 0.6 is 11.6 Å². The minimum atomic E-state index is -0.197. The van der Waals surface area contributed by atoms with Crippen molar-refractivity contribution in [2.45, 2.75) is 19.9 Å². The van der Waals surface area contributed by atoms with Gasteiger partial charge in [-0.2, -0.15) is 5.26 Å². The van der Waals surface area contributed by atoms with Gasteiger partial charge in [-0.25, -0.2) is 14.8 Å². The zero-order valence-electron chi connectivity index (χ0n) is 15.3. The second-order valence-corrected chi connectivity index (χ2v) is 7.06. The summed E-state index contributed by atoms with van der Waals surface area (Å²) in [6.45, 7) is 6.02. The maximum Gasteiger partial charge on any atom is 0.322 e. The van der Waals surface area contributed by atoms with E-state index in [1.165, 1.54) is 0 Å². The molecule has 7 nitrogen and oxygen atoms in total. The molecule has 2 amide bonds. The second kappa shape index (κ2) is 8.23. The van der Waals surface area contributed by atoms with Crippen molar-refractivity contribution in [3.63, 3.8) is 0 Å². The number of hydrogen-bond donors (Lipinski definition) is 1. The van der Waals surface area contributed by atoms with Gasteiger partial charge in [-0.3, -0.25) is 0 Å². The van der Waals surface area contributed by atoms with Gasteiger partial charge in [0, 0.05) is 25.8 Å². The van der Waals surface area contributed by atoms with E-state index in [1.807, 2.05) is 11.0 Å². The smallest absolute Gasteiger partial charge is 0.322 e. The number of anilines is 2. The molecule has 2 aromatic rings. The van der Waals surface area contributed by atoms with Crippen molar-refractivity contribution in [3.05, 3.63) is 47.4 Å². The van der Waals surface area contributed by atoms with Crippen LogP contribution in [0.5, 0.6) is 0 Å². The summed E-state index contributed by atoms with van der Waals surface area (Å²) in [5, 5.41) is 12.3. The number of piperazine rings is 1. The molecule has 1 aromatic heterocycles. The number of benzene rings is 1. The lowest BCUT2D eigenvalue weighted by atomic mass is 10.00. The molecule has 1 atom stereocenters. The maximum absolute atomic E-state index is 12.9. The lowest BCUT2D eigenvalue weighted by Gasteiger charge is -2.43. The number of nitrogens with zero attached hydrogens (tertiary/aromatic N) is 5. The first-order valence-corrected chi connectivity index (χ1v) is 9.17. The maximum atomic E-state index is 12.9.